The minimum absolute atomic E-state index is 0.212. The van der Waals surface area contributed by atoms with Crippen LogP contribution in [0, 0.1) is 6.92 Å². The first kappa shape index (κ1) is 14.9. The number of aromatic nitrogens is 3. The van der Waals surface area contributed by atoms with Crippen molar-refractivity contribution in [1.29, 1.82) is 0 Å². The van der Waals surface area contributed by atoms with E-state index in [0.29, 0.717) is 34.6 Å². The summed E-state index contributed by atoms with van der Waals surface area (Å²) in [6.07, 6.45) is 2.84. The number of fused-ring (bicyclic) bond motifs is 1. The number of nitrogens with one attached hydrogen (secondary N) is 2. The minimum atomic E-state index is -0.372. The van der Waals surface area contributed by atoms with E-state index in [2.05, 4.69) is 25.8 Å². The SMILES string of the molecule is Cc1cc(NC(=O)c2cnc(Nc3ccc4c(c3)OCO4)nc2)no1. The van der Waals surface area contributed by atoms with Crippen molar-refractivity contribution in [1.82, 2.24) is 15.1 Å². The Morgan fingerprint density at radius 3 is 2.68 bits per heavy atom. The Balaban J connectivity index is 1.43. The lowest BCUT2D eigenvalue weighted by Crippen LogP contribution is -2.13. The molecule has 1 aliphatic heterocycles. The van der Waals surface area contributed by atoms with Crippen LogP contribution in [0.2, 0.25) is 0 Å². The van der Waals surface area contributed by atoms with Crippen LogP contribution in [0.15, 0.2) is 41.2 Å². The van der Waals surface area contributed by atoms with Crippen molar-refractivity contribution in [2.24, 2.45) is 0 Å². The fraction of sp³-hybridized carbons (Fsp3) is 0.125. The van der Waals surface area contributed by atoms with Gasteiger partial charge in [0.25, 0.3) is 5.91 Å². The molecule has 1 amide bonds. The molecule has 0 fully saturated rings. The van der Waals surface area contributed by atoms with E-state index < -0.39 is 0 Å². The Morgan fingerprint density at radius 1 is 1.12 bits per heavy atom. The third-order valence-corrected chi connectivity index (χ3v) is 3.41. The Kier molecular flexibility index (Phi) is 3.65. The molecule has 3 aromatic rings. The number of ether oxygens (including phenoxy) is 2. The number of amides is 1. The van der Waals surface area contributed by atoms with Gasteiger partial charge in [0.2, 0.25) is 12.7 Å². The van der Waals surface area contributed by atoms with Gasteiger partial charge in [-0.1, -0.05) is 5.16 Å². The molecule has 0 saturated carbocycles. The fourth-order valence-corrected chi connectivity index (χ4v) is 2.23. The van der Waals surface area contributed by atoms with Crippen molar-refractivity contribution in [3.05, 3.63) is 48.0 Å². The highest BCUT2D eigenvalue weighted by Crippen LogP contribution is 2.34. The summed E-state index contributed by atoms with van der Waals surface area (Å²) in [5.74, 6) is 2.28. The highest BCUT2D eigenvalue weighted by Gasteiger charge is 2.14. The summed E-state index contributed by atoms with van der Waals surface area (Å²) in [7, 11) is 0. The molecule has 0 aliphatic carbocycles. The van der Waals surface area contributed by atoms with Gasteiger partial charge in [-0.25, -0.2) is 9.97 Å². The summed E-state index contributed by atoms with van der Waals surface area (Å²) in [6, 6.07) is 7.03. The van der Waals surface area contributed by atoms with Crippen molar-refractivity contribution in [2.45, 2.75) is 6.92 Å². The molecule has 1 aromatic carbocycles. The Bertz CT molecular complexity index is 923. The molecular formula is C16H13N5O4. The number of hydrogen-bond donors (Lipinski definition) is 2. The van der Waals surface area contributed by atoms with Crippen molar-refractivity contribution < 1.29 is 18.8 Å². The first-order valence-corrected chi connectivity index (χ1v) is 7.41. The summed E-state index contributed by atoms with van der Waals surface area (Å²) < 4.78 is 15.5. The highest BCUT2D eigenvalue weighted by atomic mass is 16.7. The predicted octanol–water partition coefficient (Wildman–Crippen LogP) is 2.50. The van der Waals surface area contributed by atoms with Crippen LogP contribution in [0.1, 0.15) is 16.1 Å². The maximum absolute atomic E-state index is 12.1. The second-order valence-electron chi connectivity index (χ2n) is 5.27. The smallest absolute Gasteiger partial charge is 0.260 e. The van der Waals surface area contributed by atoms with E-state index in [9.17, 15) is 4.79 Å². The standard InChI is InChI=1S/C16H13N5O4/c1-9-4-14(21-25-9)20-15(22)10-6-17-16(18-7-10)19-11-2-3-12-13(5-11)24-8-23-12/h2-7H,8H2,1H3,(H,17,18,19)(H,20,21,22). The average Bonchev–Trinajstić information content (AvgIpc) is 3.24. The molecule has 2 N–H and O–H groups in total. The zero-order valence-electron chi connectivity index (χ0n) is 13.1. The molecule has 0 atom stereocenters. The number of aryl methyl sites for hydroxylation is 1. The van der Waals surface area contributed by atoms with Gasteiger partial charge in [-0.3, -0.25) is 4.79 Å². The monoisotopic (exact) mass is 339 g/mol. The number of benzene rings is 1. The summed E-state index contributed by atoms with van der Waals surface area (Å²) in [4.78, 5) is 20.4. The number of rotatable bonds is 4. The van der Waals surface area contributed by atoms with E-state index in [1.54, 1.807) is 25.1 Å². The molecule has 3 heterocycles. The van der Waals surface area contributed by atoms with Crippen LogP contribution in [0.4, 0.5) is 17.5 Å². The lowest BCUT2D eigenvalue weighted by atomic mass is 10.3. The molecule has 2 aromatic heterocycles. The summed E-state index contributed by atoms with van der Waals surface area (Å²) in [6.45, 7) is 1.95. The first-order chi connectivity index (χ1) is 12.2. The van der Waals surface area contributed by atoms with Gasteiger partial charge in [0.05, 0.1) is 5.56 Å². The number of nitrogens with zero attached hydrogens (tertiary/aromatic N) is 3. The van der Waals surface area contributed by atoms with Crippen LogP contribution in [-0.4, -0.2) is 27.8 Å². The second-order valence-corrected chi connectivity index (χ2v) is 5.27. The van der Waals surface area contributed by atoms with Crippen LogP contribution in [0.5, 0.6) is 11.5 Å². The second kappa shape index (κ2) is 6.11. The van der Waals surface area contributed by atoms with Gasteiger partial charge >= 0.3 is 0 Å². The van der Waals surface area contributed by atoms with Crippen molar-refractivity contribution >= 4 is 23.4 Å². The van der Waals surface area contributed by atoms with Crippen LogP contribution in [0.25, 0.3) is 0 Å². The quantitative estimate of drug-likeness (QED) is 0.746. The van der Waals surface area contributed by atoms with Crippen molar-refractivity contribution in [3.8, 4) is 11.5 Å². The molecule has 1 aliphatic rings. The molecule has 0 bridgehead atoms. The Morgan fingerprint density at radius 2 is 1.92 bits per heavy atom. The summed E-state index contributed by atoms with van der Waals surface area (Å²) >= 11 is 0. The largest absolute Gasteiger partial charge is 0.454 e. The van der Waals surface area contributed by atoms with E-state index in [4.69, 9.17) is 14.0 Å². The normalized spacial score (nSPS) is 12.0. The highest BCUT2D eigenvalue weighted by molar-refractivity contribution is 6.03. The Labute approximate surface area is 142 Å². The van der Waals surface area contributed by atoms with E-state index >= 15 is 0 Å². The number of carbonyl (C=O) groups excluding carboxylic acids is 1. The topological polar surface area (TPSA) is 111 Å². The van der Waals surface area contributed by atoms with Gasteiger partial charge in [0, 0.05) is 30.2 Å². The zero-order valence-corrected chi connectivity index (χ0v) is 13.1. The van der Waals surface area contributed by atoms with Gasteiger partial charge < -0.3 is 24.6 Å². The zero-order chi connectivity index (χ0) is 17.2. The summed E-state index contributed by atoms with van der Waals surface area (Å²) in [5, 5.41) is 9.34. The first-order valence-electron chi connectivity index (χ1n) is 7.41. The maximum atomic E-state index is 12.1. The van der Waals surface area contributed by atoms with Gasteiger partial charge in [-0.2, -0.15) is 0 Å². The van der Waals surface area contributed by atoms with E-state index in [1.165, 1.54) is 12.4 Å². The number of anilines is 3. The lowest BCUT2D eigenvalue weighted by Gasteiger charge is -2.06. The van der Waals surface area contributed by atoms with E-state index in [-0.39, 0.29) is 12.7 Å². The number of carbonyl (C=O) groups is 1. The predicted molar refractivity (Wildman–Crippen MR) is 87.1 cm³/mol. The molecule has 9 nitrogen and oxygen atoms in total. The van der Waals surface area contributed by atoms with Crippen LogP contribution in [-0.2, 0) is 0 Å². The fourth-order valence-electron chi connectivity index (χ4n) is 2.23. The van der Waals surface area contributed by atoms with Gasteiger partial charge in [-0.15, -0.1) is 0 Å². The number of hydrogen-bond acceptors (Lipinski definition) is 8. The average molecular weight is 339 g/mol. The van der Waals surface area contributed by atoms with Crippen LogP contribution in [0.3, 0.4) is 0 Å². The van der Waals surface area contributed by atoms with E-state index in [1.807, 2.05) is 6.07 Å². The van der Waals surface area contributed by atoms with E-state index in [0.717, 1.165) is 5.69 Å². The van der Waals surface area contributed by atoms with Crippen molar-refractivity contribution in [3.63, 3.8) is 0 Å². The molecule has 0 saturated heterocycles. The third-order valence-electron chi connectivity index (χ3n) is 3.41. The molecule has 0 unspecified atom stereocenters. The minimum Gasteiger partial charge on any atom is -0.454 e. The molecular weight excluding hydrogens is 326 g/mol. The molecule has 9 heteroatoms. The van der Waals surface area contributed by atoms with Gasteiger partial charge in [0.15, 0.2) is 17.3 Å². The Hall–Kier alpha value is -3.62. The molecule has 126 valence electrons. The third kappa shape index (κ3) is 3.20. The van der Waals surface area contributed by atoms with Crippen LogP contribution < -0.4 is 20.1 Å². The van der Waals surface area contributed by atoms with Gasteiger partial charge in [0.1, 0.15) is 5.76 Å². The lowest BCUT2D eigenvalue weighted by molar-refractivity contribution is 0.102. The molecule has 0 radical (unpaired) electrons. The van der Waals surface area contributed by atoms with Crippen molar-refractivity contribution in [2.75, 3.05) is 17.4 Å². The van der Waals surface area contributed by atoms with Crippen LogP contribution >= 0.6 is 0 Å². The van der Waals surface area contributed by atoms with Gasteiger partial charge in [-0.05, 0) is 19.1 Å². The molecule has 25 heavy (non-hydrogen) atoms. The molecule has 4 rings (SSSR count). The summed E-state index contributed by atoms with van der Waals surface area (Å²) in [5.41, 5.74) is 1.05. The molecule has 0 spiro atoms. The maximum Gasteiger partial charge on any atom is 0.260 e.